The second-order valence-electron chi connectivity index (χ2n) is 7.94. The summed E-state index contributed by atoms with van der Waals surface area (Å²) in [4.78, 5) is 21.4. The highest BCUT2D eigenvalue weighted by atomic mass is 35.5. The molecule has 0 spiro atoms. The number of pyridine rings is 2. The summed E-state index contributed by atoms with van der Waals surface area (Å²) in [6.45, 7) is 4.33. The second kappa shape index (κ2) is 10.1. The largest absolute Gasteiger partial charge is 0.479 e. The van der Waals surface area contributed by atoms with E-state index in [1.165, 1.54) is 0 Å². The van der Waals surface area contributed by atoms with Gasteiger partial charge in [-0.1, -0.05) is 43.1 Å². The maximum absolute atomic E-state index is 12.3. The van der Waals surface area contributed by atoms with Crippen LogP contribution in [0.4, 0.5) is 0 Å². The number of carbonyl (C=O) groups is 1. The first kappa shape index (κ1) is 22.9. The number of halogens is 1. The Kier molecular flexibility index (Phi) is 7.02. The van der Waals surface area contributed by atoms with Crippen LogP contribution in [0, 0.1) is 6.92 Å². The summed E-state index contributed by atoms with van der Waals surface area (Å²) >= 11 is 6.14. The smallest absolute Gasteiger partial charge is 0.337 e. The molecular weight excluding hydrogens is 436 g/mol. The van der Waals surface area contributed by atoms with Gasteiger partial charge in [0, 0.05) is 40.5 Å². The molecule has 0 saturated carbocycles. The van der Waals surface area contributed by atoms with Gasteiger partial charge in [0.25, 0.3) is 0 Å². The van der Waals surface area contributed by atoms with E-state index in [9.17, 15) is 9.90 Å². The summed E-state index contributed by atoms with van der Waals surface area (Å²) in [6.07, 6.45) is 4.14. The Bertz CT molecular complexity index is 1270. The standard InChI is InChI=1S/C27H25ClN2O3/c1-3-4-14-33-26(27(31)32)24-17(2)15-23-21(25(24)18-7-9-20(28)10-8-18)11-12-22(30-23)19-6-5-13-29-16-19/h5-13,15-16,26H,3-4,14H2,1-2H3,(H,31,32). The molecule has 2 heterocycles. The van der Waals surface area contributed by atoms with Crippen LogP contribution in [0.1, 0.15) is 37.0 Å². The lowest BCUT2D eigenvalue weighted by molar-refractivity contribution is -0.151. The Morgan fingerprint density at radius 2 is 1.91 bits per heavy atom. The van der Waals surface area contributed by atoms with E-state index in [-0.39, 0.29) is 0 Å². The maximum atomic E-state index is 12.3. The van der Waals surface area contributed by atoms with Crippen molar-refractivity contribution >= 4 is 28.5 Å². The molecule has 0 aliphatic heterocycles. The molecule has 1 atom stereocenters. The van der Waals surface area contributed by atoms with Crippen LogP contribution in [-0.2, 0) is 9.53 Å². The first-order valence-electron chi connectivity index (χ1n) is 10.9. The van der Waals surface area contributed by atoms with Gasteiger partial charge in [-0.2, -0.15) is 0 Å². The van der Waals surface area contributed by atoms with Crippen LogP contribution in [0.3, 0.4) is 0 Å². The number of carboxylic acid groups (broad SMARTS) is 1. The normalized spacial score (nSPS) is 12.1. The fourth-order valence-electron chi connectivity index (χ4n) is 3.99. The van der Waals surface area contributed by atoms with Gasteiger partial charge in [-0.25, -0.2) is 9.78 Å². The third-order valence-electron chi connectivity index (χ3n) is 5.60. The fourth-order valence-corrected chi connectivity index (χ4v) is 4.11. The minimum Gasteiger partial charge on any atom is -0.479 e. The van der Waals surface area contributed by atoms with Gasteiger partial charge in [0.1, 0.15) is 0 Å². The third-order valence-corrected chi connectivity index (χ3v) is 5.85. The Morgan fingerprint density at radius 3 is 2.58 bits per heavy atom. The first-order valence-corrected chi connectivity index (χ1v) is 11.3. The molecule has 1 N–H and O–H groups in total. The zero-order valence-corrected chi connectivity index (χ0v) is 19.3. The van der Waals surface area contributed by atoms with Gasteiger partial charge < -0.3 is 9.84 Å². The summed E-state index contributed by atoms with van der Waals surface area (Å²) < 4.78 is 5.88. The molecule has 0 fully saturated rings. The number of carboxylic acids is 1. The van der Waals surface area contributed by atoms with Gasteiger partial charge >= 0.3 is 5.97 Å². The molecule has 0 aliphatic carbocycles. The molecule has 33 heavy (non-hydrogen) atoms. The van der Waals surface area contributed by atoms with Crippen LogP contribution in [0.15, 0.2) is 67.0 Å². The first-order chi connectivity index (χ1) is 16.0. The highest BCUT2D eigenvalue weighted by Crippen LogP contribution is 2.39. The molecule has 0 saturated heterocycles. The highest BCUT2D eigenvalue weighted by molar-refractivity contribution is 6.30. The summed E-state index contributed by atoms with van der Waals surface area (Å²) in [6, 6.07) is 17.1. The number of hydrogen-bond donors (Lipinski definition) is 1. The van der Waals surface area contributed by atoms with Crippen LogP contribution >= 0.6 is 11.6 Å². The summed E-state index contributed by atoms with van der Waals surface area (Å²) in [5.41, 5.74) is 5.62. The molecule has 2 aromatic heterocycles. The Balaban J connectivity index is 1.96. The average Bonchev–Trinajstić information content (AvgIpc) is 2.82. The molecule has 1 unspecified atom stereocenters. The minimum atomic E-state index is -1.08. The van der Waals surface area contributed by atoms with E-state index in [2.05, 4.69) is 4.98 Å². The average molecular weight is 461 g/mol. The second-order valence-corrected chi connectivity index (χ2v) is 8.37. The van der Waals surface area contributed by atoms with Crippen LogP contribution < -0.4 is 0 Å². The molecular formula is C27H25ClN2O3. The number of ether oxygens (including phenoxy) is 1. The zero-order chi connectivity index (χ0) is 23.4. The quantitative estimate of drug-likeness (QED) is 0.290. The lowest BCUT2D eigenvalue weighted by Gasteiger charge is -2.22. The van der Waals surface area contributed by atoms with Crippen molar-refractivity contribution in [3.05, 3.63) is 83.1 Å². The molecule has 0 amide bonds. The summed E-state index contributed by atoms with van der Waals surface area (Å²) in [5, 5.41) is 11.5. The van der Waals surface area contributed by atoms with Crippen LogP contribution in [0.2, 0.25) is 5.02 Å². The van der Waals surface area contributed by atoms with Crippen molar-refractivity contribution in [3.8, 4) is 22.4 Å². The minimum absolute atomic E-state index is 0.378. The molecule has 168 valence electrons. The number of aliphatic carboxylic acids is 1. The number of unbranched alkanes of at least 4 members (excludes halogenated alkanes) is 1. The van der Waals surface area contributed by atoms with Gasteiger partial charge in [0.05, 0.1) is 11.2 Å². The predicted octanol–water partition coefficient (Wildman–Crippen LogP) is 6.87. The molecule has 0 bridgehead atoms. The van der Waals surface area contributed by atoms with Crippen molar-refractivity contribution < 1.29 is 14.6 Å². The number of aryl methyl sites for hydroxylation is 1. The Labute approximate surface area is 198 Å². The Hall–Kier alpha value is -3.28. The van der Waals surface area contributed by atoms with Crippen LogP contribution in [-0.4, -0.2) is 27.7 Å². The number of rotatable bonds is 8. The van der Waals surface area contributed by atoms with Gasteiger partial charge in [-0.3, -0.25) is 4.98 Å². The molecule has 0 aliphatic rings. The molecule has 5 nitrogen and oxygen atoms in total. The molecule has 2 aromatic carbocycles. The molecule has 4 aromatic rings. The van der Waals surface area contributed by atoms with E-state index in [1.54, 1.807) is 24.5 Å². The number of fused-ring (bicyclic) bond motifs is 1. The van der Waals surface area contributed by atoms with Gasteiger partial charge in [0.2, 0.25) is 0 Å². The van der Waals surface area contributed by atoms with Gasteiger partial charge in [-0.15, -0.1) is 0 Å². The molecule has 4 rings (SSSR count). The van der Waals surface area contributed by atoms with E-state index in [4.69, 9.17) is 21.3 Å². The predicted molar refractivity (Wildman–Crippen MR) is 131 cm³/mol. The van der Waals surface area contributed by atoms with E-state index in [1.807, 2.05) is 56.3 Å². The van der Waals surface area contributed by atoms with Crippen molar-refractivity contribution in [2.45, 2.75) is 32.8 Å². The highest BCUT2D eigenvalue weighted by Gasteiger charge is 2.28. The van der Waals surface area contributed by atoms with Crippen molar-refractivity contribution in [2.24, 2.45) is 0 Å². The SMILES string of the molecule is CCCCOC(C(=O)O)c1c(C)cc2nc(-c3cccnc3)ccc2c1-c1ccc(Cl)cc1. The zero-order valence-electron chi connectivity index (χ0n) is 18.6. The lowest BCUT2D eigenvalue weighted by Crippen LogP contribution is -2.18. The van der Waals surface area contributed by atoms with Gasteiger partial charge in [-0.05, 0) is 66.4 Å². The van der Waals surface area contributed by atoms with Crippen molar-refractivity contribution in [1.82, 2.24) is 9.97 Å². The number of aromatic nitrogens is 2. The van der Waals surface area contributed by atoms with Crippen LogP contribution in [0.25, 0.3) is 33.3 Å². The fraction of sp³-hybridized carbons (Fsp3) is 0.222. The summed E-state index contributed by atoms with van der Waals surface area (Å²) in [7, 11) is 0. The number of benzene rings is 2. The summed E-state index contributed by atoms with van der Waals surface area (Å²) in [5.74, 6) is -1.01. The van der Waals surface area contributed by atoms with E-state index in [0.717, 1.165) is 51.7 Å². The van der Waals surface area contributed by atoms with Gasteiger partial charge in [0.15, 0.2) is 6.10 Å². The van der Waals surface area contributed by atoms with Crippen LogP contribution in [0.5, 0.6) is 0 Å². The lowest BCUT2D eigenvalue weighted by atomic mass is 9.88. The molecule has 6 heteroatoms. The van der Waals surface area contributed by atoms with Crippen molar-refractivity contribution in [2.75, 3.05) is 6.61 Å². The van der Waals surface area contributed by atoms with E-state index in [0.29, 0.717) is 17.2 Å². The third kappa shape index (κ3) is 4.90. The topological polar surface area (TPSA) is 72.3 Å². The molecule has 0 radical (unpaired) electrons. The maximum Gasteiger partial charge on any atom is 0.337 e. The monoisotopic (exact) mass is 460 g/mol. The number of nitrogens with zero attached hydrogens (tertiary/aromatic N) is 2. The Morgan fingerprint density at radius 1 is 1.12 bits per heavy atom. The van der Waals surface area contributed by atoms with E-state index < -0.39 is 12.1 Å². The number of hydrogen-bond acceptors (Lipinski definition) is 4. The van der Waals surface area contributed by atoms with Crippen molar-refractivity contribution in [1.29, 1.82) is 0 Å². The van der Waals surface area contributed by atoms with Crippen molar-refractivity contribution in [3.63, 3.8) is 0 Å². The van der Waals surface area contributed by atoms with E-state index >= 15 is 0 Å².